The second-order valence-corrected chi connectivity index (χ2v) is 8.88. The summed E-state index contributed by atoms with van der Waals surface area (Å²) in [5.41, 5.74) is 0.753. The molecule has 1 amide bonds. The second-order valence-electron chi connectivity index (χ2n) is 6.95. The third-order valence-electron chi connectivity index (χ3n) is 4.85. The van der Waals surface area contributed by atoms with Crippen LogP contribution in [0.1, 0.15) is 30.1 Å². The number of sulfonamides is 1. The number of esters is 1. The van der Waals surface area contributed by atoms with Crippen molar-refractivity contribution < 1.29 is 27.1 Å². The Morgan fingerprint density at radius 2 is 1.93 bits per heavy atom. The van der Waals surface area contributed by atoms with Crippen LogP contribution in [0.3, 0.4) is 0 Å². The van der Waals surface area contributed by atoms with Gasteiger partial charge >= 0.3 is 5.97 Å². The van der Waals surface area contributed by atoms with Crippen molar-refractivity contribution in [1.82, 2.24) is 4.31 Å². The fraction of sp³-hybridized carbons (Fsp3) is 0.333. The molecule has 1 atom stereocenters. The van der Waals surface area contributed by atoms with E-state index in [4.69, 9.17) is 4.74 Å². The summed E-state index contributed by atoms with van der Waals surface area (Å²) in [6.07, 6.45) is 1.07. The summed E-state index contributed by atoms with van der Waals surface area (Å²) in [6, 6.07) is 11.0. The van der Waals surface area contributed by atoms with Gasteiger partial charge in [-0.2, -0.15) is 4.31 Å². The number of halogens is 1. The maximum atomic E-state index is 13.1. The van der Waals surface area contributed by atoms with Gasteiger partial charge in [0.2, 0.25) is 15.9 Å². The lowest BCUT2D eigenvalue weighted by Crippen LogP contribution is -2.43. The van der Waals surface area contributed by atoms with Gasteiger partial charge in [-0.1, -0.05) is 6.07 Å². The van der Waals surface area contributed by atoms with Crippen LogP contribution in [-0.4, -0.2) is 44.3 Å². The van der Waals surface area contributed by atoms with E-state index in [-0.39, 0.29) is 24.0 Å². The van der Waals surface area contributed by atoms with Gasteiger partial charge < -0.3 is 10.1 Å². The third kappa shape index (κ3) is 5.03. The van der Waals surface area contributed by atoms with Gasteiger partial charge in [-0.15, -0.1) is 0 Å². The molecule has 1 unspecified atom stereocenters. The van der Waals surface area contributed by atoms with E-state index < -0.39 is 27.7 Å². The van der Waals surface area contributed by atoms with E-state index in [1.807, 2.05) is 0 Å². The number of anilines is 1. The number of nitrogens with zero attached hydrogens (tertiary/aromatic N) is 1. The zero-order chi connectivity index (χ0) is 21.7. The topological polar surface area (TPSA) is 92.8 Å². The number of benzene rings is 2. The lowest BCUT2D eigenvalue weighted by Gasteiger charge is -2.31. The Balaban J connectivity index is 1.69. The molecule has 1 aliphatic heterocycles. The van der Waals surface area contributed by atoms with Gasteiger partial charge in [-0.25, -0.2) is 17.6 Å². The molecule has 2 aromatic carbocycles. The van der Waals surface area contributed by atoms with Gasteiger partial charge in [-0.05, 0) is 62.2 Å². The molecule has 1 aliphatic rings. The van der Waals surface area contributed by atoms with Gasteiger partial charge in [-0.3, -0.25) is 4.79 Å². The number of piperidine rings is 1. The highest BCUT2D eigenvalue weighted by Gasteiger charge is 2.33. The molecule has 0 bridgehead atoms. The first-order valence-electron chi connectivity index (χ1n) is 9.65. The number of amides is 1. The molecule has 3 rings (SSSR count). The molecule has 0 aromatic heterocycles. The summed E-state index contributed by atoms with van der Waals surface area (Å²) in [5, 5.41) is 2.75. The van der Waals surface area contributed by atoms with Crippen molar-refractivity contribution in [2.24, 2.45) is 5.92 Å². The summed E-state index contributed by atoms with van der Waals surface area (Å²) in [6.45, 7) is 2.28. The second kappa shape index (κ2) is 9.36. The molecular weight excluding hydrogens is 411 g/mol. The number of ether oxygens (including phenoxy) is 1. The van der Waals surface area contributed by atoms with E-state index in [2.05, 4.69) is 5.32 Å². The van der Waals surface area contributed by atoms with Crippen molar-refractivity contribution in [2.45, 2.75) is 24.7 Å². The highest BCUT2D eigenvalue weighted by molar-refractivity contribution is 7.89. The summed E-state index contributed by atoms with van der Waals surface area (Å²) in [4.78, 5) is 24.6. The Morgan fingerprint density at radius 3 is 2.63 bits per heavy atom. The lowest BCUT2D eigenvalue weighted by molar-refractivity contribution is -0.120. The van der Waals surface area contributed by atoms with Crippen molar-refractivity contribution in [3.05, 3.63) is 59.9 Å². The minimum Gasteiger partial charge on any atom is -0.462 e. The van der Waals surface area contributed by atoms with Crippen LogP contribution in [0.25, 0.3) is 0 Å². The molecule has 160 valence electrons. The van der Waals surface area contributed by atoms with Crippen molar-refractivity contribution in [2.75, 3.05) is 25.0 Å². The molecule has 2 aromatic rings. The van der Waals surface area contributed by atoms with Crippen molar-refractivity contribution in [1.29, 1.82) is 0 Å². The molecule has 0 aliphatic carbocycles. The smallest absolute Gasteiger partial charge is 0.338 e. The first-order chi connectivity index (χ1) is 14.3. The number of hydrogen-bond acceptors (Lipinski definition) is 5. The van der Waals surface area contributed by atoms with Crippen LogP contribution < -0.4 is 5.32 Å². The van der Waals surface area contributed by atoms with E-state index in [0.29, 0.717) is 30.6 Å². The number of nitrogens with one attached hydrogen (secondary N) is 1. The molecule has 7 nitrogen and oxygen atoms in total. The molecule has 0 saturated carbocycles. The van der Waals surface area contributed by atoms with Crippen LogP contribution in [-0.2, 0) is 19.6 Å². The number of carbonyl (C=O) groups is 2. The van der Waals surface area contributed by atoms with Gasteiger partial charge in [0.15, 0.2) is 0 Å². The van der Waals surface area contributed by atoms with Gasteiger partial charge in [0, 0.05) is 18.8 Å². The third-order valence-corrected chi connectivity index (χ3v) is 6.73. The van der Waals surface area contributed by atoms with Crippen LogP contribution in [0.5, 0.6) is 0 Å². The standard InChI is InChI=1S/C21H23FN2O5S/c1-2-29-21(26)15-5-3-7-18(13-15)23-20(25)16-6-4-12-24(14-16)30(27,28)19-10-8-17(22)9-11-19/h3,5,7-11,13,16H,2,4,6,12,14H2,1H3,(H,23,25). The summed E-state index contributed by atoms with van der Waals surface area (Å²) < 4.78 is 45.0. The molecule has 30 heavy (non-hydrogen) atoms. The van der Waals surface area contributed by atoms with Crippen LogP contribution in [0.2, 0.25) is 0 Å². The fourth-order valence-corrected chi connectivity index (χ4v) is 4.84. The van der Waals surface area contributed by atoms with Crippen LogP contribution in [0, 0.1) is 11.7 Å². The van der Waals surface area contributed by atoms with Crippen molar-refractivity contribution in [3.8, 4) is 0 Å². The summed E-state index contributed by atoms with van der Waals surface area (Å²) in [5.74, 6) is -1.87. The van der Waals surface area contributed by atoms with Gasteiger partial charge in [0.25, 0.3) is 0 Å². The zero-order valence-corrected chi connectivity index (χ0v) is 17.3. The Bertz CT molecular complexity index is 1020. The lowest BCUT2D eigenvalue weighted by atomic mass is 9.98. The van der Waals surface area contributed by atoms with E-state index in [1.54, 1.807) is 25.1 Å². The molecule has 1 heterocycles. The maximum Gasteiger partial charge on any atom is 0.338 e. The molecule has 0 radical (unpaired) electrons. The highest BCUT2D eigenvalue weighted by Crippen LogP contribution is 2.25. The van der Waals surface area contributed by atoms with E-state index in [0.717, 1.165) is 12.1 Å². The minimum atomic E-state index is -3.82. The molecule has 0 spiro atoms. The molecule has 1 N–H and O–H groups in total. The van der Waals surface area contributed by atoms with Crippen molar-refractivity contribution in [3.63, 3.8) is 0 Å². The monoisotopic (exact) mass is 434 g/mol. The van der Waals surface area contributed by atoms with E-state index in [1.165, 1.54) is 22.5 Å². The van der Waals surface area contributed by atoms with Crippen LogP contribution in [0.15, 0.2) is 53.4 Å². The predicted molar refractivity (Wildman–Crippen MR) is 109 cm³/mol. The number of rotatable bonds is 6. The number of hydrogen-bond donors (Lipinski definition) is 1. The first-order valence-corrected chi connectivity index (χ1v) is 11.1. The summed E-state index contributed by atoms with van der Waals surface area (Å²) in [7, 11) is -3.82. The largest absolute Gasteiger partial charge is 0.462 e. The zero-order valence-electron chi connectivity index (χ0n) is 16.5. The normalized spacial score (nSPS) is 17.3. The Morgan fingerprint density at radius 1 is 1.20 bits per heavy atom. The summed E-state index contributed by atoms with van der Waals surface area (Å²) >= 11 is 0. The maximum absolute atomic E-state index is 13.1. The van der Waals surface area contributed by atoms with E-state index >= 15 is 0 Å². The van der Waals surface area contributed by atoms with Crippen LogP contribution in [0.4, 0.5) is 10.1 Å². The average molecular weight is 434 g/mol. The molecular formula is C21H23FN2O5S. The number of carbonyl (C=O) groups excluding carboxylic acids is 2. The van der Waals surface area contributed by atoms with Gasteiger partial charge in [0.05, 0.1) is 23.0 Å². The predicted octanol–water partition coefficient (Wildman–Crippen LogP) is 3.04. The van der Waals surface area contributed by atoms with Crippen molar-refractivity contribution >= 4 is 27.6 Å². The SMILES string of the molecule is CCOC(=O)c1cccc(NC(=O)C2CCCN(S(=O)(=O)c3ccc(F)cc3)C2)c1. The quantitative estimate of drug-likeness (QED) is 0.706. The first kappa shape index (κ1) is 21.9. The highest BCUT2D eigenvalue weighted by atomic mass is 32.2. The van der Waals surface area contributed by atoms with E-state index in [9.17, 15) is 22.4 Å². The molecule has 1 saturated heterocycles. The average Bonchev–Trinajstić information content (AvgIpc) is 2.74. The fourth-order valence-electron chi connectivity index (χ4n) is 3.31. The Hall–Kier alpha value is -2.78. The Kier molecular flexibility index (Phi) is 6.84. The minimum absolute atomic E-state index is 0.00732. The van der Waals surface area contributed by atoms with Gasteiger partial charge in [0.1, 0.15) is 5.82 Å². The molecule has 9 heteroatoms. The molecule has 1 fully saturated rings. The Labute approximate surface area is 174 Å². The van der Waals surface area contributed by atoms with Crippen LogP contribution >= 0.6 is 0 Å².